The molecule has 16 heavy (non-hydrogen) atoms. The van der Waals surface area contributed by atoms with Gasteiger partial charge in [0.05, 0.1) is 5.69 Å². The van der Waals surface area contributed by atoms with E-state index in [0.717, 1.165) is 21.5 Å². The molecule has 0 bridgehead atoms. The normalized spacial score (nSPS) is 10.8. The van der Waals surface area contributed by atoms with Gasteiger partial charge >= 0.3 is 0 Å². The molecule has 1 aromatic carbocycles. The zero-order chi connectivity index (χ0) is 11.0. The molecule has 0 radical (unpaired) electrons. The second-order valence-corrected chi connectivity index (χ2v) is 4.62. The van der Waals surface area contributed by atoms with Crippen LogP contribution in [0, 0.1) is 6.92 Å². The minimum absolute atomic E-state index is 1.02. The molecule has 3 rings (SSSR count). The molecule has 0 spiro atoms. The summed E-state index contributed by atoms with van der Waals surface area (Å²) in [5.74, 6) is 0. The maximum absolute atomic E-state index is 4.37. The van der Waals surface area contributed by atoms with E-state index in [4.69, 9.17) is 0 Å². The van der Waals surface area contributed by atoms with E-state index in [-0.39, 0.29) is 0 Å². The maximum atomic E-state index is 4.37. The van der Waals surface area contributed by atoms with Gasteiger partial charge in [-0.3, -0.25) is 0 Å². The van der Waals surface area contributed by atoms with Crippen molar-refractivity contribution < 1.29 is 0 Å². The average Bonchev–Trinajstić information content (AvgIpc) is 2.78. The van der Waals surface area contributed by atoms with Crippen LogP contribution in [0.4, 0.5) is 0 Å². The Hall–Kier alpha value is -1.74. The summed E-state index contributed by atoms with van der Waals surface area (Å²) in [7, 11) is 0. The zero-order valence-corrected chi connectivity index (χ0v) is 9.66. The summed E-state index contributed by atoms with van der Waals surface area (Å²) in [5.41, 5.74) is 3.43. The lowest BCUT2D eigenvalue weighted by Crippen LogP contribution is -1.85. The van der Waals surface area contributed by atoms with Crippen molar-refractivity contribution in [2.45, 2.75) is 6.92 Å². The number of aromatic nitrogens is 2. The van der Waals surface area contributed by atoms with Crippen LogP contribution in [0.15, 0.2) is 42.0 Å². The van der Waals surface area contributed by atoms with Crippen molar-refractivity contribution in [2.75, 3.05) is 0 Å². The highest BCUT2D eigenvalue weighted by molar-refractivity contribution is 7.16. The van der Waals surface area contributed by atoms with Crippen LogP contribution in [0.2, 0.25) is 0 Å². The van der Waals surface area contributed by atoms with E-state index in [9.17, 15) is 0 Å². The zero-order valence-electron chi connectivity index (χ0n) is 8.84. The van der Waals surface area contributed by atoms with E-state index < -0.39 is 0 Å². The quantitative estimate of drug-likeness (QED) is 0.632. The molecule has 3 aromatic rings. The second kappa shape index (κ2) is 3.68. The molecule has 0 saturated heterocycles. The molecule has 2 nitrogen and oxygen atoms in total. The number of thiophene rings is 1. The number of nitrogens with zero attached hydrogens (tertiary/aromatic N) is 2. The number of hydrogen-bond acceptors (Lipinski definition) is 3. The van der Waals surface area contributed by atoms with Crippen molar-refractivity contribution in [3.63, 3.8) is 0 Å². The van der Waals surface area contributed by atoms with Crippen molar-refractivity contribution in [1.29, 1.82) is 0 Å². The smallest absolute Gasteiger partial charge is 0.127 e. The largest absolute Gasteiger partial charge is 0.236 e. The van der Waals surface area contributed by atoms with Gasteiger partial charge in [0.25, 0.3) is 0 Å². The summed E-state index contributed by atoms with van der Waals surface area (Å²) < 4.78 is 0. The molecule has 0 amide bonds. The van der Waals surface area contributed by atoms with Crippen LogP contribution < -0.4 is 0 Å². The first-order valence-electron chi connectivity index (χ1n) is 5.10. The van der Waals surface area contributed by atoms with E-state index >= 15 is 0 Å². The molecule has 0 N–H and O–H groups in total. The molecule has 0 unspecified atom stereocenters. The van der Waals surface area contributed by atoms with Gasteiger partial charge in [0.2, 0.25) is 0 Å². The van der Waals surface area contributed by atoms with Gasteiger partial charge in [-0.05, 0) is 18.4 Å². The lowest BCUT2D eigenvalue weighted by molar-refractivity contribution is 1.24. The Kier molecular flexibility index (Phi) is 2.18. The predicted molar refractivity (Wildman–Crippen MR) is 67.6 cm³/mol. The fourth-order valence-corrected chi connectivity index (χ4v) is 2.46. The molecule has 0 fully saturated rings. The highest BCUT2D eigenvalue weighted by atomic mass is 32.1. The molecule has 0 aliphatic heterocycles. The van der Waals surface area contributed by atoms with Crippen molar-refractivity contribution >= 4 is 21.6 Å². The van der Waals surface area contributed by atoms with Crippen LogP contribution in [0.3, 0.4) is 0 Å². The molecule has 2 heterocycles. The van der Waals surface area contributed by atoms with Gasteiger partial charge in [-0.15, -0.1) is 11.3 Å². The third kappa shape index (κ3) is 1.49. The van der Waals surface area contributed by atoms with Gasteiger partial charge in [-0.25, -0.2) is 9.97 Å². The minimum atomic E-state index is 1.02. The first-order valence-corrected chi connectivity index (χ1v) is 5.98. The van der Waals surface area contributed by atoms with Crippen LogP contribution in [-0.2, 0) is 0 Å². The lowest BCUT2D eigenvalue weighted by atomic mass is 10.1. The van der Waals surface area contributed by atoms with E-state index in [1.54, 1.807) is 17.7 Å². The Labute approximate surface area is 97.6 Å². The maximum Gasteiger partial charge on any atom is 0.127 e. The van der Waals surface area contributed by atoms with E-state index in [0.29, 0.717) is 0 Å². The summed E-state index contributed by atoms with van der Waals surface area (Å²) in [5, 5.41) is 3.19. The van der Waals surface area contributed by atoms with Gasteiger partial charge < -0.3 is 0 Å². The van der Waals surface area contributed by atoms with Crippen molar-refractivity contribution in [2.24, 2.45) is 0 Å². The third-order valence-electron chi connectivity index (χ3n) is 2.59. The van der Waals surface area contributed by atoms with Crippen LogP contribution in [0.1, 0.15) is 5.56 Å². The fraction of sp³-hybridized carbons (Fsp3) is 0.0769. The van der Waals surface area contributed by atoms with E-state index in [2.05, 4.69) is 52.6 Å². The van der Waals surface area contributed by atoms with Crippen LogP contribution in [-0.4, -0.2) is 9.97 Å². The highest BCUT2D eigenvalue weighted by Gasteiger charge is 2.06. The topological polar surface area (TPSA) is 25.8 Å². The SMILES string of the molecule is Cc1ccc(-c2ncnc3sccc23)cc1. The molecule has 78 valence electrons. The molecular weight excluding hydrogens is 216 g/mol. The summed E-state index contributed by atoms with van der Waals surface area (Å²) in [6, 6.07) is 10.5. The summed E-state index contributed by atoms with van der Waals surface area (Å²) in [6.45, 7) is 2.09. The van der Waals surface area contributed by atoms with Gasteiger partial charge in [0, 0.05) is 10.9 Å². The van der Waals surface area contributed by atoms with Crippen molar-refractivity contribution in [1.82, 2.24) is 9.97 Å². The van der Waals surface area contributed by atoms with Gasteiger partial charge in [0.1, 0.15) is 11.2 Å². The Morgan fingerprint density at radius 3 is 2.62 bits per heavy atom. The van der Waals surface area contributed by atoms with Gasteiger partial charge in [0.15, 0.2) is 0 Å². The number of aryl methyl sites for hydroxylation is 1. The molecule has 3 heteroatoms. The van der Waals surface area contributed by atoms with E-state index in [1.807, 2.05) is 0 Å². The molecular formula is C13H10N2S. The number of benzene rings is 1. The first kappa shape index (κ1) is 9.48. The summed E-state index contributed by atoms with van der Waals surface area (Å²) in [6.07, 6.45) is 1.63. The van der Waals surface area contributed by atoms with E-state index in [1.165, 1.54) is 5.56 Å². The predicted octanol–water partition coefficient (Wildman–Crippen LogP) is 3.67. The number of rotatable bonds is 1. The number of fused-ring (bicyclic) bond motifs is 1. The molecule has 0 aliphatic carbocycles. The van der Waals surface area contributed by atoms with Crippen LogP contribution in [0.25, 0.3) is 21.5 Å². The third-order valence-corrected chi connectivity index (χ3v) is 3.41. The molecule has 2 aromatic heterocycles. The van der Waals surface area contributed by atoms with Crippen molar-refractivity contribution in [3.05, 3.63) is 47.6 Å². The Morgan fingerprint density at radius 1 is 1.00 bits per heavy atom. The summed E-state index contributed by atoms with van der Waals surface area (Å²) >= 11 is 1.65. The molecule has 0 atom stereocenters. The van der Waals surface area contributed by atoms with Gasteiger partial charge in [-0.2, -0.15) is 0 Å². The van der Waals surface area contributed by atoms with Crippen LogP contribution >= 0.6 is 11.3 Å². The van der Waals surface area contributed by atoms with Gasteiger partial charge in [-0.1, -0.05) is 29.8 Å². The fourth-order valence-electron chi connectivity index (χ4n) is 1.73. The summed E-state index contributed by atoms with van der Waals surface area (Å²) in [4.78, 5) is 9.67. The van der Waals surface area contributed by atoms with Crippen molar-refractivity contribution in [3.8, 4) is 11.3 Å². The standard InChI is InChI=1S/C13H10N2S/c1-9-2-4-10(5-3-9)12-11-6-7-16-13(11)15-8-14-12/h2-8H,1H3. The second-order valence-electron chi connectivity index (χ2n) is 3.73. The Bertz CT molecular complexity index is 626. The lowest BCUT2D eigenvalue weighted by Gasteiger charge is -2.02. The minimum Gasteiger partial charge on any atom is -0.236 e. The Balaban J connectivity index is 2.25. The number of hydrogen-bond donors (Lipinski definition) is 0. The average molecular weight is 226 g/mol. The highest BCUT2D eigenvalue weighted by Crippen LogP contribution is 2.28. The molecule has 0 saturated carbocycles. The molecule has 0 aliphatic rings. The monoisotopic (exact) mass is 226 g/mol. The first-order chi connectivity index (χ1) is 7.84. The Morgan fingerprint density at radius 2 is 1.81 bits per heavy atom. The van der Waals surface area contributed by atoms with Crippen LogP contribution in [0.5, 0.6) is 0 Å².